The van der Waals surface area contributed by atoms with Crippen LogP contribution in [0, 0.1) is 17.7 Å². The number of para-hydroxylation sites is 1. The molecule has 0 aromatic heterocycles. The van der Waals surface area contributed by atoms with Gasteiger partial charge in [0.15, 0.2) is 0 Å². The quantitative estimate of drug-likeness (QED) is 0.602. The molecule has 0 aliphatic carbocycles. The first-order chi connectivity index (χ1) is 8.24. The Labute approximate surface area is 100 Å². The van der Waals surface area contributed by atoms with E-state index < -0.39 is 5.82 Å². The number of hydrogen-bond acceptors (Lipinski definition) is 2. The first-order valence-electron chi connectivity index (χ1n) is 5.38. The summed E-state index contributed by atoms with van der Waals surface area (Å²) in [7, 11) is 0. The van der Waals surface area contributed by atoms with Crippen LogP contribution in [0.3, 0.4) is 0 Å². The van der Waals surface area contributed by atoms with Crippen LogP contribution >= 0.6 is 0 Å². The molecular formula is C13H15FN2O. The average Bonchev–Trinajstić information content (AvgIpc) is 2.32. The maximum atomic E-state index is 13.2. The number of hydrogen-bond donors (Lipinski definition) is 2. The molecule has 1 aromatic carbocycles. The Morgan fingerprint density at radius 3 is 2.88 bits per heavy atom. The van der Waals surface area contributed by atoms with Gasteiger partial charge < -0.3 is 10.6 Å². The van der Waals surface area contributed by atoms with Gasteiger partial charge in [-0.1, -0.05) is 12.1 Å². The van der Waals surface area contributed by atoms with Gasteiger partial charge in [-0.25, -0.2) is 4.39 Å². The van der Waals surface area contributed by atoms with Crippen molar-refractivity contribution in [2.24, 2.45) is 0 Å². The third kappa shape index (κ3) is 5.14. The Morgan fingerprint density at radius 1 is 1.41 bits per heavy atom. The first kappa shape index (κ1) is 13.2. The van der Waals surface area contributed by atoms with Crippen molar-refractivity contribution in [1.82, 2.24) is 5.32 Å². The van der Waals surface area contributed by atoms with Crippen LogP contribution in [0.2, 0.25) is 0 Å². The molecule has 0 radical (unpaired) electrons. The van der Waals surface area contributed by atoms with Crippen molar-refractivity contribution in [3.63, 3.8) is 0 Å². The Balaban J connectivity index is 2.29. The molecule has 0 saturated heterocycles. The van der Waals surface area contributed by atoms with Gasteiger partial charge >= 0.3 is 0 Å². The minimum absolute atomic E-state index is 0.153. The lowest BCUT2D eigenvalue weighted by Crippen LogP contribution is -2.28. The smallest absolute Gasteiger partial charge is 0.238 e. The van der Waals surface area contributed by atoms with E-state index in [9.17, 15) is 9.18 Å². The van der Waals surface area contributed by atoms with Gasteiger partial charge in [0.1, 0.15) is 5.82 Å². The second-order valence-electron chi connectivity index (χ2n) is 3.38. The maximum Gasteiger partial charge on any atom is 0.238 e. The number of anilines is 1. The lowest BCUT2D eigenvalue weighted by molar-refractivity contribution is -0.115. The predicted octanol–water partition coefficient (Wildman–Crippen LogP) is 1.77. The normalized spacial score (nSPS) is 9.29. The Morgan fingerprint density at radius 2 is 2.18 bits per heavy atom. The molecule has 0 atom stereocenters. The van der Waals surface area contributed by atoms with Gasteiger partial charge in [-0.15, -0.1) is 11.8 Å². The highest BCUT2D eigenvalue weighted by Crippen LogP contribution is 2.11. The van der Waals surface area contributed by atoms with E-state index in [1.54, 1.807) is 19.1 Å². The summed E-state index contributed by atoms with van der Waals surface area (Å²) in [6.07, 6.45) is 0.698. The zero-order valence-corrected chi connectivity index (χ0v) is 9.72. The minimum Gasteiger partial charge on any atom is -0.322 e. The Hall–Kier alpha value is -1.86. The zero-order valence-electron chi connectivity index (χ0n) is 9.72. The van der Waals surface area contributed by atoms with Crippen molar-refractivity contribution >= 4 is 11.6 Å². The lowest BCUT2D eigenvalue weighted by Gasteiger charge is -2.06. The number of amides is 1. The van der Waals surface area contributed by atoms with Crippen molar-refractivity contribution in [1.29, 1.82) is 0 Å². The van der Waals surface area contributed by atoms with Crippen LogP contribution in [-0.4, -0.2) is 19.0 Å². The van der Waals surface area contributed by atoms with Crippen molar-refractivity contribution in [3.05, 3.63) is 30.1 Å². The molecule has 3 nitrogen and oxygen atoms in total. The van der Waals surface area contributed by atoms with Gasteiger partial charge in [0.25, 0.3) is 0 Å². The summed E-state index contributed by atoms with van der Waals surface area (Å²) in [5.41, 5.74) is 0.202. The molecule has 90 valence electrons. The van der Waals surface area contributed by atoms with E-state index >= 15 is 0 Å². The summed E-state index contributed by atoms with van der Waals surface area (Å²) < 4.78 is 13.2. The highest BCUT2D eigenvalue weighted by atomic mass is 19.1. The number of nitrogens with one attached hydrogen (secondary N) is 2. The summed E-state index contributed by atoms with van der Waals surface area (Å²) in [6.45, 7) is 2.57. The molecule has 0 bridgehead atoms. The largest absolute Gasteiger partial charge is 0.322 e. The third-order valence-corrected chi connectivity index (χ3v) is 2.04. The molecular weight excluding hydrogens is 219 g/mol. The van der Waals surface area contributed by atoms with E-state index in [2.05, 4.69) is 22.5 Å². The molecule has 0 heterocycles. The summed E-state index contributed by atoms with van der Waals surface area (Å²) in [4.78, 5) is 11.4. The van der Waals surface area contributed by atoms with E-state index in [-0.39, 0.29) is 18.1 Å². The lowest BCUT2D eigenvalue weighted by atomic mass is 10.3. The van der Waals surface area contributed by atoms with E-state index in [4.69, 9.17) is 0 Å². The molecule has 0 fully saturated rings. The standard InChI is InChI=1S/C13H15FN2O/c1-2-3-6-9-15-10-13(17)16-12-8-5-4-7-11(12)14/h4-5,7-8,15H,6,9-10H2,1H3,(H,16,17). The molecule has 1 aromatic rings. The number of carbonyl (C=O) groups excluding carboxylic acids is 1. The molecule has 0 spiro atoms. The monoisotopic (exact) mass is 234 g/mol. The van der Waals surface area contributed by atoms with Crippen LogP contribution in [0.4, 0.5) is 10.1 Å². The highest BCUT2D eigenvalue weighted by Gasteiger charge is 2.04. The molecule has 1 rings (SSSR count). The van der Waals surface area contributed by atoms with Crippen LogP contribution < -0.4 is 10.6 Å². The third-order valence-electron chi connectivity index (χ3n) is 2.04. The SMILES string of the molecule is CC#CCCNCC(=O)Nc1ccccc1F. The van der Waals surface area contributed by atoms with Gasteiger partial charge in [0.2, 0.25) is 5.91 Å². The predicted molar refractivity (Wildman–Crippen MR) is 66.0 cm³/mol. The summed E-state index contributed by atoms with van der Waals surface area (Å²) >= 11 is 0. The fourth-order valence-electron chi connectivity index (χ4n) is 1.23. The molecule has 0 unspecified atom stereocenters. The van der Waals surface area contributed by atoms with Gasteiger partial charge in [-0.2, -0.15) is 0 Å². The van der Waals surface area contributed by atoms with Crippen molar-refractivity contribution in [2.75, 3.05) is 18.4 Å². The average molecular weight is 234 g/mol. The van der Waals surface area contributed by atoms with Crippen molar-refractivity contribution in [3.8, 4) is 11.8 Å². The van der Waals surface area contributed by atoms with Crippen LogP contribution in [0.25, 0.3) is 0 Å². The van der Waals surface area contributed by atoms with E-state index in [0.29, 0.717) is 13.0 Å². The first-order valence-corrected chi connectivity index (χ1v) is 5.38. The van der Waals surface area contributed by atoms with Crippen LogP contribution in [-0.2, 0) is 4.79 Å². The summed E-state index contributed by atoms with van der Waals surface area (Å²) in [6, 6.07) is 6.07. The Bertz CT molecular complexity index is 435. The van der Waals surface area contributed by atoms with E-state index in [1.165, 1.54) is 12.1 Å². The van der Waals surface area contributed by atoms with Gasteiger partial charge in [0.05, 0.1) is 12.2 Å². The maximum absolute atomic E-state index is 13.2. The fraction of sp³-hybridized carbons (Fsp3) is 0.308. The molecule has 17 heavy (non-hydrogen) atoms. The minimum atomic E-state index is -0.433. The van der Waals surface area contributed by atoms with Crippen molar-refractivity contribution < 1.29 is 9.18 Å². The molecule has 2 N–H and O–H groups in total. The number of halogens is 1. The molecule has 0 aliphatic rings. The van der Waals surface area contributed by atoms with Crippen LogP contribution in [0.5, 0.6) is 0 Å². The van der Waals surface area contributed by atoms with Crippen LogP contribution in [0.1, 0.15) is 13.3 Å². The number of benzene rings is 1. The fourth-order valence-corrected chi connectivity index (χ4v) is 1.23. The zero-order chi connectivity index (χ0) is 12.5. The second kappa shape index (κ2) is 7.42. The molecule has 0 aliphatic heterocycles. The van der Waals surface area contributed by atoms with Crippen LogP contribution in [0.15, 0.2) is 24.3 Å². The van der Waals surface area contributed by atoms with Gasteiger partial charge in [-0.05, 0) is 19.1 Å². The van der Waals surface area contributed by atoms with E-state index in [0.717, 1.165) is 0 Å². The highest BCUT2D eigenvalue weighted by molar-refractivity contribution is 5.92. The van der Waals surface area contributed by atoms with Gasteiger partial charge in [-0.3, -0.25) is 4.79 Å². The molecule has 4 heteroatoms. The molecule has 1 amide bonds. The summed E-state index contributed by atoms with van der Waals surface area (Å²) in [5.74, 6) is 4.94. The van der Waals surface area contributed by atoms with Crippen molar-refractivity contribution in [2.45, 2.75) is 13.3 Å². The number of carbonyl (C=O) groups is 1. The summed E-state index contributed by atoms with van der Waals surface area (Å²) in [5, 5.41) is 5.41. The second-order valence-corrected chi connectivity index (χ2v) is 3.38. The van der Waals surface area contributed by atoms with E-state index in [1.807, 2.05) is 0 Å². The van der Waals surface area contributed by atoms with Gasteiger partial charge in [0, 0.05) is 13.0 Å². The topological polar surface area (TPSA) is 41.1 Å². The molecule has 0 saturated carbocycles. The Kier molecular flexibility index (Phi) is 5.76. The number of rotatable bonds is 5.